The van der Waals surface area contributed by atoms with Crippen LogP contribution in [0.3, 0.4) is 0 Å². The van der Waals surface area contributed by atoms with Crippen molar-refractivity contribution in [1.29, 1.82) is 0 Å². The van der Waals surface area contributed by atoms with Crippen molar-refractivity contribution in [1.82, 2.24) is 10.2 Å². The first-order chi connectivity index (χ1) is 15.5. The second-order valence-electron chi connectivity index (χ2n) is 9.57. The summed E-state index contributed by atoms with van der Waals surface area (Å²) < 4.78 is 0. The van der Waals surface area contributed by atoms with Crippen molar-refractivity contribution in [3.63, 3.8) is 0 Å². The Bertz CT molecular complexity index is 971. The van der Waals surface area contributed by atoms with Crippen molar-refractivity contribution in [2.45, 2.75) is 59.9 Å². The zero-order valence-electron chi connectivity index (χ0n) is 20.9. The monoisotopic (exact) mass is 451 g/mol. The first-order valence-electron chi connectivity index (χ1n) is 11.6. The van der Waals surface area contributed by atoms with Crippen LogP contribution in [0.4, 0.5) is 5.69 Å². The highest BCUT2D eigenvalue weighted by Crippen LogP contribution is 2.22. The molecule has 2 aromatic rings. The van der Waals surface area contributed by atoms with E-state index in [0.717, 1.165) is 5.56 Å². The summed E-state index contributed by atoms with van der Waals surface area (Å²) in [6.07, 6.45) is 0. The fourth-order valence-corrected chi connectivity index (χ4v) is 3.52. The maximum Gasteiger partial charge on any atom is 0.253 e. The van der Waals surface area contributed by atoms with Gasteiger partial charge in [0.1, 0.15) is 6.04 Å². The first-order valence-corrected chi connectivity index (χ1v) is 11.6. The molecule has 0 fully saturated rings. The molecule has 0 heterocycles. The number of amides is 3. The number of nitrogens with one attached hydrogen (secondary N) is 2. The highest BCUT2D eigenvalue weighted by atomic mass is 16.2. The number of nitrogens with zero attached hydrogens (tertiary/aromatic N) is 1. The fourth-order valence-electron chi connectivity index (χ4n) is 3.52. The maximum absolute atomic E-state index is 13.0. The molecule has 2 aromatic carbocycles. The van der Waals surface area contributed by atoms with Gasteiger partial charge in [-0.2, -0.15) is 0 Å². The maximum atomic E-state index is 13.0. The van der Waals surface area contributed by atoms with E-state index in [1.165, 1.54) is 0 Å². The van der Waals surface area contributed by atoms with Crippen molar-refractivity contribution in [3.8, 4) is 0 Å². The van der Waals surface area contributed by atoms with Crippen LogP contribution in [0.15, 0.2) is 48.5 Å². The molecule has 0 bridgehead atoms. The van der Waals surface area contributed by atoms with Gasteiger partial charge in [0.05, 0.1) is 0 Å². The highest BCUT2D eigenvalue weighted by Gasteiger charge is 2.25. The van der Waals surface area contributed by atoms with Crippen LogP contribution >= 0.6 is 0 Å². The van der Waals surface area contributed by atoms with Gasteiger partial charge in [-0.05, 0) is 61.1 Å². The van der Waals surface area contributed by atoms with Crippen molar-refractivity contribution in [2.75, 3.05) is 18.4 Å². The van der Waals surface area contributed by atoms with Gasteiger partial charge in [-0.3, -0.25) is 14.4 Å². The summed E-state index contributed by atoms with van der Waals surface area (Å²) in [5.41, 5.74) is 2.67. The van der Waals surface area contributed by atoms with E-state index >= 15 is 0 Å². The topological polar surface area (TPSA) is 78.5 Å². The summed E-state index contributed by atoms with van der Waals surface area (Å²) in [6, 6.07) is 13.6. The molecule has 2 N–H and O–H groups in total. The van der Waals surface area contributed by atoms with E-state index < -0.39 is 6.04 Å². The van der Waals surface area contributed by atoms with Crippen LogP contribution in [-0.4, -0.2) is 41.8 Å². The van der Waals surface area contributed by atoms with Gasteiger partial charge in [0.2, 0.25) is 5.91 Å². The summed E-state index contributed by atoms with van der Waals surface area (Å²) >= 11 is 0. The Labute approximate surface area is 197 Å². The number of benzene rings is 2. The molecular formula is C27H37N3O3. The molecule has 0 aliphatic rings. The lowest BCUT2D eigenvalue weighted by atomic mass is 9.86. The van der Waals surface area contributed by atoms with Crippen LogP contribution in [0.1, 0.15) is 74.7 Å². The van der Waals surface area contributed by atoms with Crippen LogP contribution in [0, 0.1) is 5.92 Å². The summed E-state index contributed by atoms with van der Waals surface area (Å²) in [5, 5.41) is 5.71. The summed E-state index contributed by atoms with van der Waals surface area (Å²) in [5.74, 6) is -0.821. The number of carbonyl (C=O) groups is 3. The number of carbonyl (C=O) groups excluding carboxylic acids is 3. The third-order valence-electron chi connectivity index (χ3n) is 5.68. The molecule has 0 radical (unpaired) electrons. The standard InChI is InChI=1S/C27H37N3O3/c1-8-30(9-2)26(33)20-11-10-12-22(17-20)28-25(32)23(18(3)4)29-24(31)19-13-15-21(16-14-19)27(5,6)7/h10-18,23H,8-9H2,1-7H3,(H,28,32)(H,29,31). The lowest BCUT2D eigenvalue weighted by Gasteiger charge is -2.23. The SMILES string of the molecule is CCN(CC)C(=O)c1cccc(NC(=O)C(NC(=O)c2ccc(C(C)(C)C)cc2)C(C)C)c1. The molecule has 0 saturated carbocycles. The van der Waals surface area contributed by atoms with Gasteiger partial charge in [0, 0.05) is 29.9 Å². The Kier molecular flexibility index (Phi) is 8.80. The molecule has 2 rings (SSSR count). The van der Waals surface area contributed by atoms with Gasteiger partial charge < -0.3 is 15.5 Å². The predicted octanol–water partition coefficient (Wildman–Crippen LogP) is 4.86. The Balaban J connectivity index is 2.14. The van der Waals surface area contributed by atoms with E-state index in [-0.39, 0.29) is 29.1 Å². The van der Waals surface area contributed by atoms with E-state index in [4.69, 9.17) is 0 Å². The number of hydrogen-bond donors (Lipinski definition) is 2. The van der Waals surface area contributed by atoms with Gasteiger partial charge >= 0.3 is 0 Å². The quantitative estimate of drug-likeness (QED) is 0.602. The van der Waals surface area contributed by atoms with Crippen LogP contribution in [0.2, 0.25) is 0 Å². The van der Waals surface area contributed by atoms with E-state index in [1.807, 2.05) is 39.8 Å². The molecule has 0 saturated heterocycles. The molecule has 0 aliphatic heterocycles. The van der Waals surface area contributed by atoms with Crippen molar-refractivity contribution < 1.29 is 14.4 Å². The molecule has 178 valence electrons. The Hall–Kier alpha value is -3.15. The van der Waals surface area contributed by atoms with Crippen molar-refractivity contribution in [2.24, 2.45) is 5.92 Å². The molecule has 0 spiro atoms. The molecular weight excluding hydrogens is 414 g/mol. The summed E-state index contributed by atoms with van der Waals surface area (Å²) in [7, 11) is 0. The van der Waals surface area contributed by atoms with Gasteiger partial charge in [-0.1, -0.05) is 52.8 Å². The molecule has 1 unspecified atom stereocenters. The lowest BCUT2D eigenvalue weighted by Crippen LogP contribution is -2.47. The van der Waals surface area contributed by atoms with Gasteiger partial charge in [0.25, 0.3) is 11.8 Å². The van der Waals surface area contributed by atoms with Gasteiger partial charge in [-0.15, -0.1) is 0 Å². The van der Waals surface area contributed by atoms with Gasteiger partial charge in [0.15, 0.2) is 0 Å². The molecule has 3 amide bonds. The average Bonchev–Trinajstić information content (AvgIpc) is 2.77. The van der Waals surface area contributed by atoms with E-state index in [2.05, 4.69) is 31.4 Å². The first kappa shape index (κ1) is 26.1. The Morgan fingerprint density at radius 1 is 0.909 bits per heavy atom. The minimum absolute atomic E-state index is 0.00340. The van der Waals surface area contributed by atoms with Gasteiger partial charge in [-0.25, -0.2) is 0 Å². The highest BCUT2D eigenvalue weighted by molar-refractivity contribution is 6.02. The Morgan fingerprint density at radius 3 is 2.03 bits per heavy atom. The normalized spacial score (nSPS) is 12.2. The molecule has 33 heavy (non-hydrogen) atoms. The largest absolute Gasteiger partial charge is 0.340 e. The second-order valence-corrected chi connectivity index (χ2v) is 9.57. The van der Waals surface area contributed by atoms with E-state index in [9.17, 15) is 14.4 Å². The number of rotatable bonds is 8. The predicted molar refractivity (Wildman–Crippen MR) is 134 cm³/mol. The smallest absolute Gasteiger partial charge is 0.253 e. The summed E-state index contributed by atoms with van der Waals surface area (Å²) in [6.45, 7) is 15.2. The van der Waals surface area contributed by atoms with Crippen LogP contribution in [0.25, 0.3) is 0 Å². The Morgan fingerprint density at radius 2 is 1.52 bits per heavy atom. The molecule has 0 aliphatic carbocycles. The van der Waals surface area contributed by atoms with E-state index in [0.29, 0.717) is 29.9 Å². The zero-order valence-corrected chi connectivity index (χ0v) is 20.9. The van der Waals surface area contributed by atoms with Crippen LogP contribution in [0.5, 0.6) is 0 Å². The lowest BCUT2D eigenvalue weighted by molar-refractivity contribution is -0.118. The number of hydrogen-bond acceptors (Lipinski definition) is 3. The minimum atomic E-state index is -0.720. The van der Waals surface area contributed by atoms with Crippen LogP contribution < -0.4 is 10.6 Å². The van der Waals surface area contributed by atoms with Crippen LogP contribution in [-0.2, 0) is 10.2 Å². The fraction of sp³-hybridized carbons (Fsp3) is 0.444. The van der Waals surface area contributed by atoms with E-state index in [1.54, 1.807) is 41.3 Å². The van der Waals surface area contributed by atoms with Crippen molar-refractivity contribution in [3.05, 3.63) is 65.2 Å². The molecule has 6 heteroatoms. The molecule has 6 nitrogen and oxygen atoms in total. The van der Waals surface area contributed by atoms with Crippen molar-refractivity contribution >= 4 is 23.4 Å². The second kappa shape index (κ2) is 11.1. The summed E-state index contributed by atoms with van der Waals surface area (Å²) in [4.78, 5) is 40.2. The third kappa shape index (κ3) is 6.91. The molecule has 1 atom stereocenters. The zero-order chi connectivity index (χ0) is 24.8. The average molecular weight is 452 g/mol. The minimum Gasteiger partial charge on any atom is -0.340 e. The third-order valence-corrected chi connectivity index (χ3v) is 5.68. The molecule has 0 aromatic heterocycles. The number of anilines is 1.